The molecule has 1 aliphatic heterocycles. The Morgan fingerprint density at radius 3 is 2.78 bits per heavy atom. The van der Waals surface area contributed by atoms with Gasteiger partial charge in [0.25, 0.3) is 0 Å². The van der Waals surface area contributed by atoms with Gasteiger partial charge in [0.2, 0.25) is 5.91 Å². The third kappa shape index (κ3) is 2.80. The van der Waals surface area contributed by atoms with Crippen molar-refractivity contribution < 1.29 is 4.79 Å². The van der Waals surface area contributed by atoms with Crippen molar-refractivity contribution >= 4 is 38.3 Å². The first kappa shape index (κ1) is 14.2. The molecule has 4 nitrogen and oxygen atoms in total. The lowest BCUT2D eigenvalue weighted by molar-refractivity contribution is -0.120. The van der Waals surface area contributed by atoms with Gasteiger partial charge in [0, 0.05) is 18.8 Å². The maximum atomic E-state index is 12.2. The first-order valence-electron chi connectivity index (χ1n) is 7.67. The maximum Gasteiger partial charge on any atom is 0.231 e. The largest absolute Gasteiger partial charge is 0.346 e. The summed E-state index contributed by atoms with van der Waals surface area (Å²) in [4.78, 5) is 19.1. The van der Waals surface area contributed by atoms with Crippen molar-refractivity contribution in [2.45, 2.75) is 6.92 Å². The molecule has 1 N–H and O–H groups in total. The fourth-order valence-corrected chi connectivity index (χ4v) is 3.80. The molecule has 0 saturated carbocycles. The number of fused-ring (bicyclic) bond motifs is 1. The van der Waals surface area contributed by atoms with Gasteiger partial charge in [-0.25, -0.2) is 4.98 Å². The summed E-state index contributed by atoms with van der Waals surface area (Å²) in [7, 11) is 0. The average Bonchev–Trinajstić information content (AvgIpc) is 2.89. The number of rotatable bonds is 3. The third-order valence-electron chi connectivity index (χ3n) is 4.10. The summed E-state index contributed by atoms with van der Waals surface area (Å²) in [6, 6.07) is 15.9. The van der Waals surface area contributed by atoms with Crippen molar-refractivity contribution in [2.75, 3.05) is 23.3 Å². The van der Waals surface area contributed by atoms with E-state index < -0.39 is 0 Å². The first-order chi connectivity index (χ1) is 11.2. The van der Waals surface area contributed by atoms with Crippen LogP contribution in [0, 0.1) is 12.8 Å². The molecule has 0 atom stereocenters. The number of thiazole rings is 1. The van der Waals surface area contributed by atoms with Gasteiger partial charge in [0.15, 0.2) is 5.13 Å². The third-order valence-corrected chi connectivity index (χ3v) is 5.18. The van der Waals surface area contributed by atoms with E-state index in [0.717, 1.165) is 29.4 Å². The number of amides is 1. The molecular weight excluding hydrogens is 306 g/mol. The van der Waals surface area contributed by atoms with Crippen LogP contribution in [0.1, 0.15) is 5.56 Å². The van der Waals surface area contributed by atoms with Crippen molar-refractivity contribution in [1.29, 1.82) is 0 Å². The van der Waals surface area contributed by atoms with Gasteiger partial charge in [-0.1, -0.05) is 35.6 Å². The van der Waals surface area contributed by atoms with E-state index in [4.69, 9.17) is 0 Å². The Morgan fingerprint density at radius 2 is 2.00 bits per heavy atom. The lowest BCUT2D eigenvalue weighted by Gasteiger charge is -2.37. The van der Waals surface area contributed by atoms with E-state index in [0.29, 0.717) is 0 Å². The van der Waals surface area contributed by atoms with Crippen LogP contribution in [0.3, 0.4) is 0 Å². The Bertz CT molecular complexity index is 853. The van der Waals surface area contributed by atoms with Gasteiger partial charge in [0.05, 0.1) is 16.1 Å². The highest BCUT2D eigenvalue weighted by Gasteiger charge is 2.34. The molecule has 0 bridgehead atoms. The number of aryl methyl sites for hydroxylation is 1. The normalized spacial score (nSPS) is 14.7. The van der Waals surface area contributed by atoms with Crippen LogP contribution in [0.5, 0.6) is 0 Å². The highest BCUT2D eigenvalue weighted by atomic mass is 32.1. The minimum Gasteiger partial charge on any atom is -0.346 e. The van der Waals surface area contributed by atoms with E-state index in [9.17, 15) is 4.79 Å². The Balaban J connectivity index is 1.41. The van der Waals surface area contributed by atoms with E-state index in [-0.39, 0.29) is 11.8 Å². The highest BCUT2D eigenvalue weighted by Crippen LogP contribution is 2.33. The molecule has 0 radical (unpaired) electrons. The van der Waals surface area contributed by atoms with Crippen LogP contribution in [0.2, 0.25) is 0 Å². The molecule has 5 heteroatoms. The van der Waals surface area contributed by atoms with Crippen LogP contribution >= 0.6 is 11.3 Å². The van der Waals surface area contributed by atoms with Crippen LogP contribution in [0.15, 0.2) is 48.5 Å². The predicted molar refractivity (Wildman–Crippen MR) is 95.1 cm³/mol. The van der Waals surface area contributed by atoms with Gasteiger partial charge in [-0.05, 0) is 36.8 Å². The topological polar surface area (TPSA) is 45.2 Å². The molecule has 116 valence electrons. The summed E-state index contributed by atoms with van der Waals surface area (Å²) >= 11 is 1.70. The fraction of sp³-hybridized carbons (Fsp3) is 0.222. The molecule has 2 heterocycles. The molecule has 1 saturated heterocycles. The van der Waals surface area contributed by atoms with Gasteiger partial charge in [-0.3, -0.25) is 4.79 Å². The van der Waals surface area contributed by atoms with Gasteiger partial charge in [0.1, 0.15) is 0 Å². The number of para-hydroxylation sites is 1. The number of anilines is 2. The number of nitrogens with one attached hydrogen (secondary N) is 1. The second-order valence-electron chi connectivity index (χ2n) is 5.92. The number of carbonyl (C=O) groups excluding carboxylic acids is 1. The minimum atomic E-state index is 0.0314. The minimum absolute atomic E-state index is 0.0314. The highest BCUT2D eigenvalue weighted by molar-refractivity contribution is 7.22. The van der Waals surface area contributed by atoms with Crippen molar-refractivity contribution in [3.63, 3.8) is 0 Å². The van der Waals surface area contributed by atoms with Crippen LogP contribution < -0.4 is 10.2 Å². The summed E-state index contributed by atoms with van der Waals surface area (Å²) in [5.74, 6) is 0.119. The van der Waals surface area contributed by atoms with Gasteiger partial charge in [-0.15, -0.1) is 0 Å². The van der Waals surface area contributed by atoms with Crippen molar-refractivity contribution in [1.82, 2.24) is 4.98 Å². The lowest BCUT2D eigenvalue weighted by atomic mass is 10.00. The Kier molecular flexibility index (Phi) is 3.50. The molecule has 1 fully saturated rings. The standard InChI is InChI=1S/C18H17N3OS/c1-12-7-8-15-16(9-12)23-18(20-15)21-10-13(11-21)17(22)19-14-5-3-2-4-6-14/h2-9,13H,10-11H2,1H3,(H,19,22). The molecular formula is C18H17N3OS. The van der Waals surface area contributed by atoms with Crippen LogP contribution in [-0.4, -0.2) is 24.0 Å². The molecule has 0 spiro atoms. The zero-order valence-electron chi connectivity index (χ0n) is 12.8. The molecule has 0 aliphatic carbocycles. The number of benzene rings is 2. The zero-order valence-corrected chi connectivity index (χ0v) is 13.6. The van der Waals surface area contributed by atoms with E-state index in [2.05, 4.69) is 40.3 Å². The van der Waals surface area contributed by atoms with Gasteiger partial charge in [-0.2, -0.15) is 0 Å². The van der Waals surface area contributed by atoms with Crippen molar-refractivity contribution in [3.8, 4) is 0 Å². The smallest absolute Gasteiger partial charge is 0.231 e. The number of carbonyl (C=O) groups is 1. The quantitative estimate of drug-likeness (QED) is 0.800. The van der Waals surface area contributed by atoms with Crippen molar-refractivity contribution in [3.05, 3.63) is 54.1 Å². The van der Waals surface area contributed by atoms with E-state index >= 15 is 0 Å². The number of aromatic nitrogens is 1. The second-order valence-corrected chi connectivity index (χ2v) is 6.93. The summed E-state index contributed by atoms with van der Waals surface area (Å²) in [6.45, 7) is 3.56. The summed E-state index contributed by atoms with van der Waals surface area (Å²) in [5, 5.41) is 3.98. The average molecular weight is 323 g/mol. The Morgan fingerprint density at radius 1 is 1.22 bits per heavy atom. The summed E-state index contributed by atoms with van der Waals surface area (Å²) < 4.78 is 1.21. The number of hydrogen-bond acceptors (Lipinski definition) is 4. The fourth-order valence-electron chi connectivity index (χ4n) is 2.72. The maximum absolute atomic E-state index is 12.2. The van der Waals surface area contributed by atoms with Crippen LogP contribution in [0.25, 0.3) is 10.2 Å². The summed E-state index contributed by atoms with van der Waals surface area (Å²) in [6.07, 6.45) is 0. The van der Waals surface area contributed by atoms with E-state index in [1.165, 1.54) is 10.3 Å². The molecule has 4 rings (SSSR count). The molecule has 2 aromatic carbocycles. The van der Waals surface area contributed by atoms with Gasteiger partial charge < -0.3 is 10.2 Å². The van der Waals surface area contributed by atoms with Crippen LogP contribution in [-0.2, 0) is 4.79 Å². The van der Waals surface area contributed by atoms with Crippen LogP contribution in [0.4, 0.5) is 10.8 Å². The second kappa shape index (κ2) is 5.66. The number of nitrogens with zero attached hydrogens (tertiary/aromatic N) is 2. The molecule has 1 amide bonds. The molecule has 0 unspecified atom stereocenters. The first-order valence-corrected chi connectivity index (χ1v) is 8.49. The number of hydrogen-bond donors (Lipinski definition) is 1. The van der Waals surface area contributed by atoms with Gasteiger partial charge >= 0.3 is 0 Å². The van der Waals surface area contributed by atoms with Crippen molar-refractivity contribution in [2.24, 2.45) is 5.92 Å². The molecule has 23 heavy (non-hydrogen) atoms. The van der Waals surface area contributed by atoms with E-state index in [1.807, 2.05) is 30.3 Å². The Hall–Kier alpha value is -2.40. The Labute approximate surface area is 138 Å². The lowest BCUT2D eigenvalue weighted by Crippen LogP contribution is -2.52. The monoisotopic (exact) mass is 323 g/mol. The predicted octanol–water partition coefficient (Wildman–Crippen LogP) is 3.68. The SMILES string of the molecule is Cc1ccc2nc(N3CC(C(=O)Nc4ccccc4)C3)sc2c1. The zero-order chi connectivity index (χ0) is 15.8. The molecule has 1 aliphatic rings. The summed E-state index contributed by atoms with van der Waals surface area (Å²) in [5.41, 5.74) is 3.13. The molecule has 3 aromatic rings. The van der Waals surface area contributed by atoms with E-state index in [1.54, 1.807) is 11.3 Å². The molecule has 1 aromatic heterocycles.